The number of rotatable bonds is 5. The zero-order valence-electron chi connectivity index (χ0n) is 14.0. The van der Waals surface area contributed by atoms with Crippen molar-refractivity contribution in [1.82, 2.24) is 4.90 Å². The summed E-state index contributed by atoms with van der Waals surface area (Å²) in [5, 5.41) is 0. The van der Waals surface area contributed by atoms with E-state index in [2.05, 4.69) is 22.8 Å². The molecule has 124 valence electrons. The highest BCUT2D eigenvalue weighted by atomic mass is 19.1. The fourth-order valence-corrected chi connectivity index (χ4v) is 3.12. The van der Waals surface area contributed by atoms with Gasteiger partial charge < -0.3 is 9.32 Å². The zero-order chi connectivity index (χ0) is 16.2. The summed E-state index contributed by atoms with van der Waals surface area (Å²) in [6, 6.07) is 10.9. The van der Waals surface area contributed by atoms with E-state index in [0.717, 1.165) is 56.4 Å². The molecule has 3 rings (SSSR count). The quantitative estimate of drug-likeness (QED) is 0.830. The molecule has 2 aromatic rings. The van der Waals surface area contributed by atoms with E-state index in [1.54, 1.807) is 0 Å². The van der Waals surface area contributed by atoms with Crippen LogP contribution in [0.3, 0.4) is 0 Å². The summed E-state index contributed by atoms with van der Waals surface area (Å²) in [6.07, 6.45) is 1.11. The van der Waals surface area contributed by atoms with E-state index in [4.69, 9.17) is 4.42 Å². The normalized spacial score (nSPS) is 17.4. The van der Waals surface area contributed by atoms with Crippen LogP contribution in [0.4, 0.5) is 10.1 Å². The number of hydrogen-bond acceptors (Lipinski definition) is 3. The highest BCUT2D eigenvalue weighted by Crippen LogP contribution is 2.22. The average molecular weight is 316 g/mol. The van der Waals surface area contributed by atoms with Gasteiger partial charge in [0.15, 0.2) is 0 Å². The SMILES string of the molecule is Cc1ccc([C@@H](C)CCN2CCN(c3ccc(F)cc3)CC2)o1. The van der Waals surface area contributed by atoms with Gasteiger partial charge in [0.05, 0.1) is 0 Å². The first-order chi connectivity index (χ1) is 11.1. The molecule has 1 fully saturated rings. The first-order valence-electron chi connectivity index (χ1n) is 8.41. The molecule has 1 aliphatic rings. The fraction of sp³-hybridized carbons (Fsp3) is 0.474. The summed E-state index contributed by atoms with van der Waals surface area (Å²) in [7, 11) is 0. The average Bonchev–Trinajstić information content (AvgIpc) is 3.00. The van der Waals surface area contributed by atoms with Crippen LogP contribution in [0.1, 0.15) is 30.8 Å². The van der Waals surface area contributed by atoms with Crippen molar-refractivity contribution in [1.29, 1.82) is 0 Å². The second-order valence-corrected chi connectivity index (χ2v) is 6.44. The number of benzene rings is 1. The molecule has 0 bridgehead atoms. The lowest BCUT2D eigenvalue weighted by Crippen LogP contribution is -2.46. The predicted octanol–water partition coefficient (Wildman–Crippen LogP) is 4.04. The molecule has 1 aromatic heterocycles. The van der Waals surface area contributed by atoms with Crippen molar-refractivity contribution in [3.63, 3.8) is 0 Å². The van der Waals surface area contributed by atoms with Crippen LogP contribution in [0.15, 0.2) is 40.8 Å². The number of aryl methyl sites for hydroxylation is 1. The van der Waals surface area contributed by atoms with Crippen LogP contribution >= 0.6 is 0 Å². The number of anilines is 1. The predicted molar refractivity (Wildman–Crippen MR) is 91.5 cm³/mol. The summed E-state index contributed by atoms with van der Waals surface area (Å²) in [5.74, 6) is 2.36. The molecule has 23 heavy (non-hydrogen) atoms. The number of nitrogens with zero attached hydrogens (tertiary/aromatic N) is 2. The van der Waals surface area contributed by atoms with Crippen molar-refractivity contribution in [2.75, 3.05) is 37.6 Å². The monoisotopic (exact) mass is 316 g/mol. The number of piperazine rings is 1. The first-order valence-corrected chi connectivity index (χ1v) is 8.41. The minimum Gasteiger partial charge on any atom is -0.466 e. The maximum Gasteiger partial charge on any atom is 0.123 e. The maximum absolute atomic E-state index is 13.0. The van der Waals surface area contributed by atoms with Crippen LogP contribution in [-0.4, -0.2) is 37.6 Å². The number of hydrogen-bond donors (Lipinski definition) is 0. The maximum atomic E-state index is 13.0. The van der Waals surface area contributed by atoms with Crippen molar-refractivity contribution >= 4 is 5.69 Å². The molecule has 0 N–H and O–H groups in total. The Kier molecular flexibility index (Phi) is 5.01. The Morgan fingerprint density at radius 1 is 1.04 bits per heavy atom. The minimum atomic E-state index is -0.172. The van der Waals surface area contributed by atoms with E-state index in [1.165, 1.54) is 12.1 Å². The lowest BCUT2D eigenvalue weighted by molar-refractivity contribution is 0.246. The largest absolute Gasteiger partial charge is 0.466 e. The highest BCUT2D eigenvalue weighted by Gasteiger charge is 2.18. The minimum absolute atomic E-state index is 0.172. The topological polar surface area (TPSA) is 19.6 Å². The van der Waals surface area contributed by atoms with Crippen molar-refractivity contribution in [3.8, 4) is 0 Å². The van der Waals surface area contributed by atoms with E-state index in [-0.39, 0.29) is 5.82 Å². The Labute approximate surface area is 137 Å². The molecule has 4 heteroatoms. The summed E-state index contributed by atoms with van der Waals surface area (Å²) >= 11 is 0. The van der Waals surface area contributed by atoms with Gasteiger partial charge in [0.1, 0.15) is 17.3 Å². The summed E-state index contributed by atoms with van der Waals surface area (Å²) in [5.41, 5.74) is 1.12. The molecule has 0 amide bonds. The van der Waals surface area contributed by atoms with Crippen molar-refractivity contribution in [2.45, 2.75) is 26.2 Å². The van der Waals surface area contributed by atoms with E-state index in [9.17, 15) is 4.39 Å². The molecular formula is C19H25FN2O. The Balaban J connectivity index is 1.45. The molecule has 1 aromatic carbocycles. The molecule has 0 unspecified atom stereocenters. The Bertz CT molecular complexity index is 615. The van der Waals surface area contributed by atoms with Crippen LogP contribution in [-0.2, 0) is 0 Å². The van der Waals surface area contributed by atoms with Crippen LogP contribution in [0, 0.1) is 12.7 Å². The molecule has 0 radical (unpaired) electrons. The van der Waals surface area contributed by atoms with Crippen molar-refractivity contribution in [3.05, 3.63) is 53.7 Å². The summed E-state index contributed by atoms with van der Waals surface area (Å²) < 4.78 is 18.7. The van der Waals surface area contributed by atoms with Gasteiger partial charge in [-0.25, -0.2) is 4.39 Å². The molecule has 1 saturated heterocycles. The van der Waals surface area contributed by atoms with E-state index < -0.39 is 0 Å². The molecule has 1 aliphatic heterocycles. The standard InChI is InChI=1S/C19H25FN2O/c1-15(19-8-3-16(2)23-19)9-10-21-11-13-22(14-12-21)18-6-4-17(20)5-7-18/h3-8,15H,9-14H2,1-2H3/t15-/m0/s1. The second kappa shape index (κ2) is 7.18. The molecule has 2 heterocycles. The number of furan rings is 1. The number of halogens is 1. The van der Waals surface area contributed by atoms with Gasteiger partial charge in [-0.05, 0) is 56.3 Å². The Morgan fingerprint density at radius 2 is 1.74 bits per heavy atom. The third-order valence-electron chi connectivity index (χ3n) is 4.69. The Hall–Kier alpha value is -1.81. The molecular weight excluding hydrogens is 291 g/mol. The van der Waals surface area contributed by atoms with Gasteiger partial charge in [0.25, 0.3) is 0 Å². The molecule has 0 saturated carbocycles. The van der Waals surface area contributed by atoms with Gasteiger partial charge in [-0.1, -0.05) is 6.92 Å². The van der Waals surface area contributed by atoms with E-state index >= 15 is 0 Å². The molecule has 0 spiro atoms. The van der Waals surface area contributed by atoms with Gasteiger partial charge >= 0.3 is 0 Å². The van der Waals surface area contributed by atoms with Crippen LogP contribution in [0.2, 0.25) is 0 Å². The van der Waals surface area contributed by atoms with Crippen LogP contribution in [0.25, 0.3) is 0 Å². The van der Waals surface area contributed by atoms with Crippen LogP contribution < -0.4 is 4.90 Å². The third-order valence-corrected chi connectivity index (χ3v) is 4.69. The van der Waals surface area contributed by atoms with Crippen molar-refractivity contribution in [2.24, 2.45) is 0 Å². The fourth-order valence-electron chi connectivity index (χ4n) is 3.12. The second-order valence-electron chi connectivity index (χ2n) is 6.44. The lowest BCUT2D eigenvalue weighted by Gasteiger charge is -2.36. The first kappa shape index (κ1) is 16.1. The summed E-state index contributed by atoms with van der Waals surface area (Å²) in [6.45, 7) is 9.43. The van der Waals surface area contributed by atoms with E-state index in [0.29, 0.717) is 5.92 Å². The highest BCUT2D eigenvalue weighted by molar-refractivity contribution is 5.46. The van der Waals surface area contributed by atoms with Gasteiger partial charge in [-0.2, -0.15) is 0 Å². The van der Waals surface area contributed by atoms with Crippen LogP contribution in [0.5, 0.6) is 0 Å². The van der Waals surface area contributed by atoms with Gasteiger partial charge in [0, 0.05) is 37.8 Å². The lowest BCUT2D eigenvalue weighted by atomic mass is 10.0. The molecule has 0 aliphatic carbocycles. The van der Waals surface area contributed by atoms with Gasteiger partial charge in [-0.15, -0.1) is 0 Å². The van der Waals surface area contributed by atoms with Crippen molar-refractivity contribution < 1.29 is 8.81 Å². The molecule has 1 atom stereocenters. The Morgan fingerprint density at radius 3 is 2.35 bits per heavy atom. The zero-order valence-corrected chi connectivity index (χ0v) is 14.0. The molecule has 3 nitrogen and oxygen atoms in total. The third kappa shape index (κ3) is 4.14. The summed E-state index contributed by atoms with van der Waals surface area (Å²) in [4.78, 5) is 4.83. The van der Waals surface area contributed by atoms with E-state index in [1.807, 2.05) is 25.1 Å². The smallest absolute Gasteiger partial charge is 0.123 e. The van der Waals surface area contributed by atoms with Gasteiger partial charge in [0.2, 0.25) is 0 Å². The van der Waals surface area contributed by atoms with Gasteiger partial charge in [-0.3, -0.25) is 4.90 Å².